The largest absolute Gasteiger partial charge is 0.491 e. The zero-order valence-corrected chi connectivity index (χ0v) is 15.8. The molecule has 0 unspecified atom stereocenters. The van der Waals surface area contributed by atoms with Gasteiger partial charge in [-0.2, -0.15) is 0 Å². The Bertz CT molecular complexity index is 676. The Morgan fingerprint density at radius 2 is 2.00 bits per heavy atom. The number of ether oxygens (including phenoxy) is 1. The Kier molecular flexibility index (Phi) is 5.41. The summed E-state index contributed by atoms with van der Waals surface area (Å²) >= 11 is 7.40. The molecular weight excluding hydrogens is 336 g/mol. The molecule has 3 rings (SSSR count). The van der Waals surface area contributed by atoms with Crippen LogP contribution in [0, 0.1) is 0 Å². The molecule has 2 N–H and O–H groups in total. The third-order valence-electron chi connectivity index (χ3n) is 4.27. The van der Waals surface area contributed by atoms with E-state index in [1.54, 1.807) is 11.3 Å². The Morgan fingerprint density at radius 1 is 1.21 bits per heavy atom. The first kappa shape index (κ1) is 17.2. The van der Waals surface area contributed by atoms with Gasteiger partial charge in [0.2, 0.25) is 0 Å². The van der Waals surface area contributed by atoms with Crippen molar-refractivity contribution in [3.63, 3.8) is 0 Å². The number of thiophene rings is 1. The molecule has 0 spiro atoms. The van der Waals surface area contributed by atoms with Gasteiger partial charge in [-0.15, -0.1) is 11.3 Å². The highest BCUT2D eigenvalue weighted by atomic mass is 32.1. The van der Waals surface area contributed by atoms with Crippen molar-refractivity contribution in [2.24, 2.45) is 0 Å². The molecule has 0 aliphatic heterocycles. The molecule has 1 heterocycles. The summed E-state index contributed by atoms with van der Waals surface area (Å²) in [6.07, 6.45) is 4.90. The fraction of sp³-hybridized carbons (Fsp3) is 0.421. The minimum atomic E-state index is -0.00963. The average Bonchev–Trinajstić information content (AvgIpc) is 3.18. The Hall–Kier alpha value is -1.59. The molecule has 1 saturated carbocycles. The van der Waals surface area contributed by atoms with Crippen molar-refractivity contribution in [1.29, 1.82) is 0 Å². The van der Waals surface area contributed by atoms with E-state index in [2.05, 4.69) is 28.1 Å². The predicted molar refractivity (Wildman–Crippen MR) is 106 cm³/mol. The van der Waals surface area contributed by atoms with Crippen LogP contribution < -0.4 is 15.4 Å². The van der Waals surface area contributed by atoms with Crippen LogP contribution in [0.3, 0.4) is 0 Å². The van der Waals surface area contributed by atoms with E-state index in [1.807, 2.05) is 38.1 Å². The van der Waals surface area contributed by atoms with Crippen molar-refractivity contribution in [2.45, 2.75) is 51.2 Å². The third-order valence-corrected chi connectivity index (χ3v) is 5.54. The van der Waals surface area contributed by atoms with Crippen LogP contribution in [-0.2, 0) is 5.54 Å². The standard InChI is InChI=1S/C19H24N2OS2/c1-14(2)22-16-8-5-7-15(13-16)20-18(23)21-19(10-3-4-11-19)17-9-6-12-24-17/h5-9,12-14H,3-4,10-11H2,1-2H3,(H2,20,21,23). The van der Waals surface area contributed by atoms with Gasteiger partial charge in [-0.1, -0.05) is 25.0 Å². The van der Waals surface area contributed by atoms with Crippen LogP contribution in [-0.4, -0.2) is 11.2 Å². The molecule has 0 amide bonds. The van der Waals surface area contributed by atoms with Crippen LogP contribution in [0.4, 0.5) is 5.69 Å². The van der Waals surface area contributed by atoms with Crippen LogP contribution in [0.5, 0.6) is 5.75 Å². The van der Waals surface area contributed by atoms with Crippen molar-refractivity contribution in [2.75, 3.05) is 5.32 Å². The molecule has 1 aliphatic carbocycles. The molecule has 0 radical (unpaired) electrons. The molecular formula is C19H24N2OS2. The molecule has 0 bridgehead atoms. The number of rotatable bonds is 5. The lowest BCUT2D eigenvalue weighted by Crippen LogP contribution is -2.45. The lowest BCUT2D eigenvalue weighted by atomic mass is 9.96. The molecule has 128 valence electrons. The Morgan fingerprint density at radius 3 is 2.67 bits per heavy atom. The number of benzene rings is 1. The van der Waals surface area contributed by atoms with Gasteiger partial charge in [0.05, 0.1) is 11.6 Å². The second-order valence-corrected chi connectivity index (χ2v) is 7.90. The molecule has 1 aliphatic rings. The summed E-state index contributed by atoms with van der Waals surface area (Å²) in [6, 6.07) is 12.3. The molecule has 0 saturated heterocycles. The van der Waals surface area contributed by atoms with Crippen molar-refractivity contribution >= 4 is 34.4 Å². The molecule has 5 heteroatoms. The van der Waals surface area contributed by atoms with Gasteiger partial charge >= 0.3 is 0 Å². The maximum atomic E-state index is 5.75. The zero-order chi connectivity index (χ0) is 17.0. The second kappa shape index (κ2) is 7.53. The van der Waals surface area contributed by atoms with Crippen molar-refractivity contribution in [1.82, 2.24) is 5.32 Å². The smallest absolute Gasteiger partial charge is 0.171 e. The SMILES string of the molecule is CC(C)Oc1cccc(NC(=S)NC2(c3cccs3)CCCC2)c1. The number of hydrogen-bond donors (Lipinski definition) is 2. The highest BCUT2D eigenvalue weighted by Gasteiger charge is 2.37. The predicted octanol–water partition coefficient (Wildman–Crippen LogP) is 5.29. The third kappa shape index (κ3) is 4.08. The first-order valence-electron chi connectivity index (χ1n) is 8.47. The number of thiocarbonyl (C=S) groups is 1. The second-order valence-electron chi connectivity index (χ2n) is 6.54. The minimum absolute atomic E-state index is 0.00963. The first-order chi connectivity index (χ1) is 11.6. The molecule has 1 aromatic carbocycles. The average molecular weight is 361 g/mol. The first-order valence-corrected chi connectivity index (χ1v) is 9.76. The molecule has 1 fully saturated rings. The Labute approximate surface area is 153 Å². The number of nitrogens with one attached hydrogen (secondary N) is 2. The van der Waals surface area contributed by atoms with Gasteiger partial charge in [0, 0.05) is 16.6 Å². The van der Waals surface area contributed by atoms with E-state index in [4.69, 9.17) is 17.0 Å². The van der Waals surface area contributed by atoms with Gasteiger partial charge in [0.1, 0.15) is 5.75 Å². The number of hydrogen-bond acceptors (Lipinski definition) is 3. The van der Waals surface area contributed by atoms with Gasteiger partial charge in [-0.3, -0.25) is 0 Å². The number of anilines is 1. The molecule has 0 atom stereocenters. The summed E-state index contributed by atoms with van der Waals surface area (Å²) < 4.78 is 5.75. The lowest BCUT2D eigenvalue weighted by molar-refractivity contribution is 0.242. The molecule has 2 aromatic rings. The monoisotopic (exact) mass is 360 g/mol. The van der Waals surface area contributed by atoms with Crippen LogP contribution in [0.1, 0.15) is 44.4 Å². The van der Waals surface area contributed by atoms with Gasteiger partial charge in [0.25, 0.3) is 0 Å². The summed E-state index contributed by atoms with van der Waals surface area (Å²) in [6.45, 7) is 4.05. The van der Waals surface area contributed by atoms with Crippen molar-refractivity contribution < 1.29 is 4.74 Å². The maximum Gasteiger partial charge on any atom is 0.171 e. The quantitative estimate of drug-likeness (QED) is 0.710. The molecule has 1 aromatic heterocycles. The zero-order valence-electron chi connectivity index (χ0n) is 14.2. The van der Waals surface area contributed by atoms with Crippen LogP contribution >= 0.6 is 23.6 Å². The topological polar surface area (TPSA) is 33.3 Å². The van der Waals surface area contributed by atoms with Gasteiger partial charge < -0.3 is 15.4 Å². The van der Waals surface area contributed by atoms with E-state index in [9.17, 15) is 0 Å². The summed E-state index contributed by atoms with van der Waals surface area (Å²) in [5, 5.41) is 9.72. The Balaban J connectivity index is 1.69. The van der Waals surface area contributed by atoms with Crippen LogP contribution in [0.25, 0.3) is 0 Å². The molecule has 3 nitrogen and oxygen atoms in total. The highest BCUT2D eigenvalue weighted by Crippen LogP contribution is 2.40. The van der Waals surface area contributed by atoms with Crippen molar-refractivity contribution in [3.05, 3.63) is 46.7 Å². The molecule has 24 heavy (non-hydrogen) atoms. The van der Waals surface area contributed by atoms with Crippen LogP contribution in [0.2, 0.25) is 0 Å². The summed E-state index contributed by atoms with van der Waals surface area (Å²) in [7, 11) is 0. The van der Waals surface area contributed by atoms with E-state index in [0.717, 1.165) is 24.3 Å². The summed E-state index contributed by atoms with van der Waals surface area (Å²) in [5.41, 5.74) is 0.939. The fourth-order valence-electron chi connectivity index (χ4n) is 3.26. The lowest BCUT2D eigenvalue weighted by Gasteiger charge is -2.31. The van der Waals surface area contributed by atoms with E-state index >= 15 is 0 Å². The van der Waals surface area contributed by atoms with Gasteiger partial charge in [0.15, 0.2) is 5.11 Å². The summed E-state index contributed by atoms with van der Waals surface area (Å²) in [4.78, 5) is 1.38. The fourth-order valence-corrected chi connectivity index (χ4v) is 4.52. The van der Waals surface area contributed by atoms with Crippen molar-refractivity contribution in [3.8, 4) is 5.75 Å². The van der Waals surface area contributed by atoms with Crippen LogP contribution in [0.15, 0.2) is 41.8 Å². The van der Waals surface area contributed by atoms with Gasteiger partial charge in [-0.05, 0) is 62.5 Å². The minimum Gasteiger partial charge on any atom is -0.491 e. The van der Waals surface area contributed by atoms with E-state index in [1.165, 1.54) is 17.7 Å². The van der Waals surface area contributed by atoms with E-state index in [0.29, 0.717) is 5.11 Å². The highest BCUT2D eigenvalue weighted by molar-refractivity contribution is 7.80. The van der Waals surface area contributed by atoms with Gasteiger partial charge in [-0.25, -0.2) is 0 Å². The summed E-state index contributed by atoms with van der Waals surface area (Å²) in [5.74, 6) is 0.853. The maximum absolute atomic E-state index is 5.75. The normalized spacial score (nSPS) is 16.1. The van der Waals surface area contributed by atoms with E-state index < -0.39 is 0 Å². The van der Waals surface area contributed by atoms with E-state index in [-0.39, 0.29) is 11.6 Å².